The fourth-order valence-electron chi connectivity index (χ4n) is 3.93. The number of rotatable bonds is 7. The first-order valence-corrected chi connectivity index (χ1v) is 13.2. The van der Waals surface area contributed by atoms with Gasteiger partial charge in [0.05, 0.1) is 28.7 Å². The topological polar surface area (TPSA) is 126 Å². The summed E-state index contributed by atoms with van der Waals surface area (Å²) in [5.74, 6) is 0. The lowest BCUT2D eigenvalue weighted by Crippen LogP contribution is -2.55. The summed E-state index contributed by atoms with van der Waals surface area (Å²) in [6, 6.07) is 20.4. The number of sulfone groups is 1. The Morgan fingerprint density at radius 1 is 0.806 bits per heavy atom. The lowest BCUT2D eigenvalue weighted by Gasteiger charge is -2.18. The summed E-state index contributed by atoms with van der Waals surface area (Å²) in [5.41, 5.74) is 4.53. The largest absolute Gasteiger partial charge is 0.341 e. The number of benzene rings is 3. The molecule has 1 heterocycles. The average molecular weight is 527 g/mol. The van der Waals surface area contributed by atoms with Gasteiger partial charge >= 0.3 is 17.1 Å². The molecule has 0 aliphatic heterocycles. The fraction of sp³-hybridized carbons (Fsp3) is 0.160. The molecule has 11 heteroatoms. The third-order valence-electron chi connectivity index (χ3n) is 5.71. The molecule has 0 spiro atoms. The Morgan fingerprint density at radius 2 is 1.39 bits per heavy atom. The predicted molar refractivity (Wildman–Crippen MR) is 138 cm³/mol. The first-order valence-electron chi connectivity index (χ1n) is 10.9. The molecule has 3 aromatic carbocycles. The van der Waals surface area contributed by atoms with Gasteiger partial charge in [-0.25, -0.2) is 36.5 Å². The van der Waals surface area contributed by atoms with Crippen LogP contribution in [0.4, 0.5) is 0 Å². The molecular formula is C25H23ClN4O5S. The fourth-order valence-corrected chi connectivity index (χ4v) is 5.09. The van der Waals surface area contributed by atoms with Crippen molar-refractivity contribution in [2.45, 2.75) is 24.0 Å². The van der Waals surface area contributed by atoms with Crippen LogP contribution in [-0.2, 0) is 22.9 Å². The molecule has 36 heavy (non-hydrogen) atoms. The highest BCUT2D eigenvalue weighted by Gasteiger charge is 2.22. The molecule has 1 atom stereocenters. The van der Waals surface area contributed by atoms with Gasteiger partial charge in [0.2, 0.25) is 0 Å². The number of hydrogen-bond donors (Lipinski definition) is 1. The van der Waals surface area contributed by atoms with Crippen molar-refractivity contribution in [3.05, 3.63) is 126 Å². The minimum atomic E-state index is -3.66. The molecule has 186 valence electrons. The second kappa shape index (κ2) is 10.1. The normalized spacial score (nSPS) is 12.4. The quantitative estimate of drug-likeness (QED) is 0.392. The van der Waals surface area contributed by atoms with Gasteiger partial charge < -0.3 is 5.73 Å². The average Bonchev–Trinajstić information content (AvgIpc) is 2.85. The van der Waals surface area contributed by atoms with E-state index in [1.807, 2.05) is 6.07 Å². The minimum absolute atomic E-state index is 0.0284. The van der Waals surface area contributed by atoms with Gasteiger partial charge in [0.1, 0.15) is 0 Å². The Bertz CT molecular complexity index is 1710. The Balaban J connectivity index is 1.97. The molecule has 0 radical (unpaired) electrons. The van der Waals surface area contributed by atoms with Crippen LogP contribution in [0.2, 0.25) is 5.02 Å². The van der Waals surface area contributed by atoms with Crippen molar-refractivity contribution in [3.63, 3.8) is 0 Å². The zero-order chi connectivity index (χ0) is 26.0. The van der Waals surface area contributed by atoms with Crippen molar-refractivity contribution in [3.8, 4) is 5.69 Å². The van der Waals surface area contributed by atoms with E-state index in [9.17, 15) is 22.8 Å². The number of hydrogen-bond acceptors (Lipinski definition) is 6. The van der Waals surface area contributed by atoms with Crippen molar-refractivity contribution >= 4 is 21.4 Å². The van der Waals surface area contributed by atoms with Crippen LogP contribution in [0, 0.1) is 0 Å². The van der Waals surface area contributed by atoms with E-state index in [0.29, 0.717) is 5.56 Å². The number of para-hydroxylation sites is 1. The van der Waals surface area contributed by atoms with E-state index in [-0.39, 0.29) is 34.3 Å². The van der Waals surface area contributed by atoms with Crippen LogP contribution in [0.15, 0.2) is 98.1 Å². The zero-order valence-corrected chi connectivity index (χ0v) is 20.8. The van der Waals surface area contributed by atoms with Crippen LogP contribution in [0.5, 0.6) is 0 Å². The summed E-state index contributed by atoms with van der Waals surface area (Å²) in [7, 11) is -3.66. The van der Waals surface area contributed by atoms with E-state index in [1.54, 1.807) is 48.5 Å². The lowest BCUT2D eigenvalue weighted by atomic mass is 10.1. The molecule has 1 aromatic heterocycles. The van der Waals surface area contributed by atoms with E-state index >= 15 is 0 Å². The van der Waals surface area contributed by atoms with Gasteiger partial charge in [-0.3, -0.25) is 0 Å². The molecule has 0 bridgehead atoms. The molecule has 0 saturated carbocycles. The van der Waals surface area contributed by atoms with E-state index in [0.717, 1.165) is 20.0 Å². The van der Waals surface area contributed by atoms with E-state index < -0.39 is 32.9 Å². The Labute approximate surface area is 211 Å². The van der Waals surface area contributed by atoms with E-state index in [1.165, 1.54) is 24.3 Å². The molecule has 0 amide bonds. The number of aromatic nitrogens is 3. The van der Waals surface area contributed by atoms with Gasteiger partial charge in [-0.15, -0.1) is 0 Å². The molecule has 4 rings (SSSR count). The predicted octanol–water partition coefficient (Wildman–Crippen LogP) is 1.97. The third-order valence-corrected chi connectivity index (χ3v) is 7.22. The van der Waals surface area contributed by atoms with Gasteiger partial charge in [-0.2, -0.15) is 0 Å². The molecular weight excluding hydrogens is 504 g/mol. The lowest BCUT2D eigenvalue weighted by molar-refractivity contribution is 0.467. The summed E-state index contributed by atoms with van der Waals surface area (Å²) in [6.07, 6.45) is 1.04. The van der Waals surface area contributed by atoms with Crippen LogP contribution >= 0.6 is 11.6 Å². The Morgan fingerprint density at radius 3 is 2.06 bits per heavy atom. The van der Waals surface area contributed by atoms with Crippen LogP contribution in [0.1, 0.15) is 17.2 Å². The summed E-state index contributed by atoms with van der Waals surface area (Å²) in [5, 5.41) is 0.123. The highest BCUT2D eigenvalue weighted by Crippen LogP contribution is 2.18. The van der Waals surface area contributed by atoms with Crippen molar-refractivity contribution in [2.24, 2.45) is 5.73 Å². The second-order valence-electron chi connectivity index (χ2n) is 8.23. The standard InChI is InChI=1S/C25H23ClN4O5S/c1-36(34,35)22-14-8-5-11-18(22)15-28-23(31)29(16-20(27)17-9-3-2-4-10-17)25(33)30(24(28)32)21-13-7-6-12-19(21)26/h2-14,20H,15-16,27H2,1H3. The molecule has 0 saturated heterocycles. The van der Waals surface area contributed by atoms with E-state index in [4.69, 9.17) is 17.3 Å². The molecule has 0 aliphatic carbocycles. The summed E-state index contributed by atoms with van der Waals surface area (Å²) in [4.78, 5) is 40.4. The molecule has 4 aromatic rings. The first-order chi connectivity index (χ1) is 17.1. The molecule has 0 aliphatic rings. The maximum atomic E-state index is 13.5. The molecule has 0 fully saturated rings. The maximum absolute atomic E-state index is 13.5. The van der Waals surface area contributed by atoms with Gasteiger partial charge in [0, 0.05) is 12.3 Å². The van der Waals surface area contributed by atoms with Gasteiger partial charge in [0.15, 0.2) is 9.84 Å². The van der Waals surface area contributed by atoms with Crippen LogP contribution < -0.4 is 22.8 Å². The first kappa shape index (κ1) is 25.4. The van der Waals surface area contributed by atoms with Crippen molar-refractivity contribution in [1.29, 1.82) is 0 Å². The smallest absolute Gasteiger partial charge is 0.322 e. The summed E-state index contributed by atoms with van der Waals surface area (Å²) < 4.78 is 27.1. The monoisotopic (exact) mass is 526 g/mol. The third kappa shape index (κ3) is 4.97. The van der Waals surface area contributed by atoms with Crippen LogP contribution in [0.3, 0.4) is 0 Å². The van der Waals surface area contributed by atoms with Crippen molar-refractivity contribution < 1.29 is 8.42 Å². The highest BCUT2D eigenvalue weighted by atomic mass is 35.5. The second-order valence-corrected chi connectivity index (χ2v) is 10.6. The Hall–Kier alpha value is -3.73. The summed E-state index contributed by atoms with van der Waals surface area (Å²) >= 11 is 6.29. The Kier molecular flexibility index (Phi) is 7.11. The van der Waals surface area contributed by atoms with Crippen molar-refractivity contribution in [2.75, 3.05) is 6.26 Å². The minimum Gasteiger partial charge on any atom is -0.322 e. The number of halogens is 1. The maximum Gasteiger partial charge on any atom is 0.341 e. The molecule has 1 unspecified atom stereocenters. The molecule has 9 nitrogen and oxygen atoms in total. The van der Waals surface area contributed by atoms with Gasteiger partial charge in [0.25, 0.3) is 0 Å². The number of nitrogens with two attached hydrogens (primary N) is 1. The van der Waals surface area contributed by atoms with Crippen LogP contribution in [0.25, 0.3) is 5.69 Å². The zero-order valence-electron chi connectivity index (χ0n) is 19.2. The SMILES string of the molecule is CS(=O)(=O)c1ccccc1Cn1c(=O)n(CC(N)c2ccccc2)c(=O)n(-c2ccccc2Cl)c1=O. The highest BCUT2D eigenvalue weighted by molar-refractivity contribution is 7.90. The number of nitrogens with zero attached hydrogens (tertiary/aromatic N) is 3. The van der Waals surface area contributed by atoms with E-state index in [2.05, 4.69) is 0 Å². The van der Waals surface area contributed by atoms with Crippen molar-refractivity contribution in [1.82, 2.24) is 13.7 Å². The van der Waals surface area contributed by atoms with Crippen LogP contribution in [-0.4, -0.2) is 28.4 Å². The summed E-state index contributed by atoms with van der Waals surface area (Å²) in [6.45, 7) is -0.605. The molecule has 2 N–H and O–H groups in total. The van der Waals surface area contributed by atoms with Gasteiger partial charge in [-0.05, 0) is 29.3 Å². The van der Waals surface area contributed by atoms with Gasteiger partial charge in [-0.1, -0.05) is 72.3 Å².